The van der Waals surface area contributed by atoms with Gasteiger partial charge >= 0.3 is 5.97 Å². The number of sulfone groups is 1. The molecule has 0 atom stereocenters. The zero-order valence-corrected chi connectivity index (χ0v) is 19.5. The molecule has 9 heteroatoms. The Labute approximate surface area is 192 Å². The number of ether oxygens (including phenoxy) is 2. The molecule has 1 aromatic heterocycles. The molecular formula is C24H25NO7S. The lowest BCUT2D eigenvalue weighted by Crippen LogP contribution is -2.20. The lowest BCUT2D eigenvalue weighted by atomic mass is 10.1. The number of oxazole rings is 1. The molecule has 8 nitrogen and oxygen atoms in total. The number of aryl methyl sites for hydroxylation is 1. The van der Waals surface area contributed by atoms with Crippen LogP contribution in [0.4, 0.5) is 0 Å². The van der Waals surface area contributed by atoms with Crippen LogP contribution in [-0.2, 0) is 31.5 Å². The molecule has 0 bridgehead atoms. The third kappa shape index (κ3) is 6.52. The fourth-order valence-electron chi connectivity index (χ4n) is 3.20. The Bertz CT molecular complexity index is 1240. The Morgan fingerprint density at radius 1 is 1.09 bits per heavy atom. The van der Waals surface area contributed by atoms with Crippen LogP contribution in [-0.4, -0.2) is 44.6 Å². The fraction of sp³-hybridized carbons (Fsp3) is 0.292. The SMILES string of the molecule is CCOC(=O)c1ccc(CC(=O)CS(=O)(=O)Cc2nc(-c3cccc(OC)c3)oc2C)cc1. The molecule has 0 spiro atoms. The van der Waals surface area contributed by atoms with Crippen molar-refractivity contribution in [3.05, 3.63) is 71.1 Å². The third-order valence-electron chi connectivity index (χ3n) is 4.81. The maximum Gasteiger partial charge on any atom is 0.338 e. The molecular weight excluding hydrogens is 446 g/mol. The van der Waals surface area contributed by atoms with Crippen LogP contribution in [0.25, 0.3) is 11.5 Å². The van der Waals surface area contributed by atoms with Gasteiger partial charge in [0.05, 0.1) is 30.7 Å². The van der Waals surface area contributed by atoms with Gasteiger partial charge in [0.25, 0.3) is 0 Å². The molecule has 33 heavy (non-hydrogen) atoms. The molecule has 0 aliphatic carbocycles. The van der Waals surface area contributed by atoms with E-state index in [-0.39, 0.29) is 24.6 Å². The maximum absolute atomic E-state index is 12.6. The fourth-order valence-corrected chi connectivity index (χ4v) is 4.58. The minimum atomic E-state index is -3.76. The minimum Gasteiger partial charge on any atom is -0.497 e. The van der Waals surface area contributed by atoms with Crippen molar-refractivity contribution < 1.29 is 31.9 Å². The first kappa shape index (κ1) is 24.2. The number of hydrogen-bond donors (Lipinski definition) is 0. The predicted octanol–water partition coefficient (Wildman–Crippen LogP) is 3.56. The van der Waals surface area contributed by atoms with Gasteiger partial charge < -0.3 is 13.9 Å². The highest BCUT2D eigenvalue weighted by Gasteiger charge is 2.22. The molecule has 2 aromatic carbocycles. The predicted molar refractivity (Wildman–Crippen MR) is 122 cm³/mol. The monoisotopic (exact) mass is 471 g/mol. The third-order valence-corrected chi connectivity index (χ3v) is 6.29. The number of carbonyl (C=O) groups excluding carboxylic acids is 2. The first-order valence-electron chi connectivity index (χ1n) is 10.3. The second kappa shape index (κ2) is 10.4. The van der Waals surface area contributed by atoms with Crippen LogP contribution >= 0.6 is 0 Å². The standard InChI is InChI=1S/C24H25NO7S/c1-4-31-24(27)18-10-8-17(9-11-18)12-20(26)14-33(28,29)15-22-16(2)32-23(25-22)19-6-5-7-21(13-19)30-3/h5-11,13H,4,12,14-15H2,1-3H3. The van der Waals surface area contributed by atoms with Crippen LogP contribution in [0.1, 0.15) is 34.3 Å². The Balaban J connectivity index is 1.64. The maximum atomic E-state index is 12.6. The summed E-state index contributed by atoms with van der Waals surface area (Å²) in [7, 11) is -2.21. The van der Waals surface area contributed by atoms with Crippen molar-refractivity contribution in [3.63, 3.8) is 0 Å². The number of methoxy groups -OCH3 is 1. The zero-order valence-electron chi connectivity index (χ0n) is 18.7. The first-order chi connectivity index (χ1) is 15.7. The number of hydrogen-bond acceptors (Lipinski definition) is 8. The highest BCUT2D eigenvalue weighted by molar-refractivity contribution is 7.91. The van der Waals surface area contributed by atoms with Gasteiger partial charge in [-0.3, -0.25) is 4.79 Å². The number of nitrogens with zero attached hydrogens (tertiary/aromatic N) is 1. The van der Waals surface area contributed by atoms with Crippen molar-refractivity contribution in [1.82, 2.24) is 4.98 Å². The van der Waals surface area contributed by atoms with Gasteiger partial charge in [-0.2, -0.15) is 0 Å². The number of benzene rings is 2. The van der Waals surface area contributed by atoms with Crippen LogP contribution in [0.2, 0.25) is 0 Å². The van der Waals surface area contributed by atoms with E-state index in [0.717, 1.165) is 0 Å². The van der Waals surface area contributed by atoms with Crippen LogP contribution < -0.4 is 4.74 Å². The molecule has 0 N–H and O–H groups in total. The van der Waals surface area contributed by atoms with Gasteiger partial charge in [0, 0.05) is 12.0 Å². The molecule has 0 aliphatic heterocycles. The molecule has 0 radical (unpaired) electrons. The highest BCUT2D eigenvalue weighted by Crippen LogP contribution is 2.26. The quantitative estimate of drug-likeness (QED) is 0.413. The van der Waals surface area contributed by atoms with E-state index in [4.69, 9.17) is 13.9 Å². The van der Waals surface area contributed by atoms with Crippen molar-refractivity contribution in [2.45, 2.75) is 26.0 Å². The lowest BCUT2D eigenvalue weighted by molar-refractivity contribution is -0.116. The average Bonchev–Trinajstić information content (AvgIpc) is 3.13. The Morgan fingerprint density at radius 2 is 1.82 bits per heavy atom. The summed E-state index contributed by atoms with van der Waals surface area (Å²) in [6.07, 6.45) is -0.0603. The zero-order chi connectivity index (χ0) is 24.0. The molecule has 0 saturated carbocycles. The Hall–Kier alpha value is -3.46. The number of carbonyl (C=O) groups is 2. The van der Waals surface area contributed by atoms with Crippen molar-refractivity contribution in [1.29, 1.82) is 0 Å². The molecule has 174 valence electrons. The van der Waals surface area contributed by atoms with E-state index in [2.05, 4.69) is 4.98 Å². The molecule has 0 saturated heterocycles. The summed E-state index contributed by atoms with van der Waals surface area (Å²) >= 11 is 0. The number of aromatic nitrogens is 1. The molecule has 3 rings (SSSR count). The van der Waals surface area contributed by atoms with E-state index < -0.39 is 33.1 Å². The summed E-state index contributed by atoms with van der Waals surface area (Å²) in [6, 6.07) is 13.4. The van der Waals surface area contributed by atoms with Crippen LogP contribution in [0.3, 0.4) is 0 Å². The molecule has 0 amide bonds. The van der Waals surface area contributed by atoms with Gasteiger partial charge in [0.1, 0.15) is 17.3 Å². The second-order valence-electron chi connectivity index (χ2n) is 7.42. The van der Waals surface area contributed by atoms with Gasteiger partial charge in [-0.15, -0.1) is 0 Å². The molecule has 3 aromatic rings. The average molecular weight is 472 g/mol. The summed E-state index contributed by atoms with van der Waals surface area (Å²) < 4.78 is 41.0. The van der Waals surface area contributed by atoms with E-state index in [9.17, 15) is 18.0 Å². The van der Waals surface area contributed by atoms with E-state index in [1.54, 1.807) is 69.5 Å². The Kier molecular flexibility index (Phi) is 7.65. The van der Waals surface area contributed by atoms with E-state index in [0.29, 0.717) is 28.2 Å². The van der Waals surface area contributed by atoms with Gasteiger partial charge in [0.2, 0.25) is 5.89 Å². The molecule has 1 heterocycles. The minimum absolute atomic E-state index is 0.0603. The summed E-state index contributed by atoms with van der Waals surface area (Å²) in [5.74, 6) is -0.642. The van der Waals surface area contributed by atoms with E-state index >= 15 is 0 Å². The smallest absolute Gasteiger partial charge is 0.338 e. The van der Waals surface area contributed by atoms with Crippen molar-refractivity contribution in [2.24, 2.45) is 0 Å². The summed E-state index contributed by atoms with van der Waals surface area (Å²) in [5.41, 5.74) is 1.90. The summed E-state index contributed by atoms with van der Waals surface area (Å²) in [6.45, 7) is 3.61. The second-order valence-corrected chi connectivity index (χ2v) is 9.48. The van der Waals surface area contributed by atoms with Gasteiger partial charge in [-0.05, 0) is 49.7 Å². The van der Waals surface area contributed by atoms with Crippen molar-refractivity contribution in [3.8, 4) is 17.2 Å². The largest absolute Gasteiger partial charge is 0.497 e. The van der Waals surface area contributed by atoms with Crippen molar-refractivity contribution >= 4 is 21.6 Å². The molecule has 0 unspecified atom stereocenters. The van der Waals surface area contributed by atoms with Crippen LogP contribution in [0, 0.1) is 6.92 Å². The van der Waals surface area contributed by atoms with Crippen molar-refractivity contribution in [2.75, 3.05) is 19.5 Å². The van der Waals surface area contributed by atoms with Gasteiger partial charge in [-0.1, -0.05) is 18.2 Å². The highest BCUT2D eigenvalue weighted by atomic mass is 32.2. The van der Waals surface area contributed by atoms with E-state index in [1.165, 1.54) is 0 Å². The number of esters is 1. The van der Waals surface area contributed by atoms with Crippen LogP contribution in [0.15, 0.2) is 52.9 Å². The number of rotatable bonds is 10. The Morgan fingerprint density at radius 3 is 2.48 bits per heavy atom. The number of ketones is 1. The molecule has 0 fully saturated rings. The summed E-state index contributed by atoms with van der Waals surface area (Å²) in [4.78, 5) is 28.4. The number of Topliss-reactive ketones (excluding diaryl/α,β-unsaturated/α-hetero) is 1. The lowest BCUT2D eigenvalue weighted by Gasteiger charge is -2.05. The van der Waals surface area contributed by atoms with Crippen LogP contribution in [0.5, 0.6) is 5.75 Å². The van der Waals surface area contributed by atoms with Gasteiger partial charge in [-0.25, -0.2) is 18.2 Å². The topological polar surface area (TPSA) is 113 Å². The van der Waals surface area contributed by atoms with Gasteiger partial charge in [0.15, 0.2) is 15.6 Å². The summed E-state index contributed by atoms with van der Waals surface area (Å²) in [5, 5.41) is 0. The first-order valence-corrected chi connectivity index (χ1v) is 12.1. The molecule has 0 aliphatic rings. The normalized spacial score (nSPS) is 11.2. The van der Waals surface area contributed by atoms with E-state index in [1.807, 2.05) is 0 Å².